The molecule has 0 aromatic heterocycles. The fraction of sp³-hybridized carbons (Fsp3) is 0.600. The average Bonchev–Trinajstić information content (AvgIpc) is 2.38. The van der Waals surface area contributed by atoms with Crippen LogP contribution in [0.1, 0.15) is 43.7 Å². The Morgan fingerprint density at radius 1 is 1.17 bits per heavy atom. The second kappa shape index (κ2) is 4.84. The van der Waals surface area contributed by atoms with Crippen LogP contribution in [0.15, 0.2) is 24.3 Å². The van der Waals surface area contributed by atoms with Crippen LogP contribution < -0.4 is 5.32 Å². The van der Waals surface area contributed by atoms with Crippen molar-refractivity contribution in [3.05, 3.63) is 34.9 Å². The molecular formula is C15H20ClNO. The minimum Gasteiger partial charge on any atom is -0.389 e. The second-order valence-electron chi connectivity index (χ2n) is 5.69. The summed E-state index contributed by atoms with van der Waals surface area (Å²) in [5.74, 6) is 0.348. The third-order valence-electron chi connectivity index (χ3n) is 4.62. The lowest BCUT2D eigenvalue weighted by atomic mass is 9.67. The van der Waals surface area contributed by atoms with Gasteiger partial charge in [0, 0.05) is 17.0 Å². The lowest BCUT2D eigenvalue weighted by Gasteiger charge is -2.48. The third kappa shape index (κ3) is 2.18. The van der Waals surface area contributed by atoms with Crippen molar-refractivity contribution in [3.8, 4) is 0 Å². The first kappa shape index (κ1) is 12.5. The maximum Gasteiger partial charge on any atom is 0.0706 e. The molecule has 98 valence electrons. The van der Waals surface area contributed by atoms with Crippen molar-refractivity contribution in [1.82, 2.24) is 5.32 Å². The smallest absolute Gasteiger partial charge is 0.0706 e. The van der Waals surface area contributed by atoms with Crippen LogP contribution in [0.5, 0.6) is 0 Å². The Morgan fingerprint density at radius 3 is 2.72 bits per heavy atom. The molecule has 0 spiro atoms. The van der Waals surface area contributed by atoms with Crippen LogP contribution in [0, 0.1) is 5.92 Å². The van der Waals surface area contributed by atoms with E-state index in [-0.39, 0.29) is 6.04 Å². The highest BCUT2D eigenvalue weighted by Crippen LogP contribution is 2.45. The molecule has 2 nitrogen and oxygen atoms in total. The Bertz CT molecular complexity index is 415. The molecule has 1 aliphatic heterocycles. The fourth-order valence-corrected chi connectivity index (χ4v) is 3.77. The number of fused-ring (bicyclic) bond motifs is 1. The first-order chi connectivity index (χ1) is 8.69. The van der Waals surface area contributed by atoms with Crippen molar-refractivity contribution in [3.63, 3.8) is 0 Å². The first-order valence-corrected chi connectivity index (χ1v) is 7.28. The molecule has 2 N–H and O–H groups in total. The highest BCUT2D eigenvalue weighted by Gasteiger charge is 2.45. The Labute approximate surface area is 113 Å². The molecule has 0 radical (unpaired) electrons. The Balaban J connectivity index is 1.88. The van der Waals surface area contributed by atoms with Gasteiger partial charge in [-0.1, -0.05) is 36.6 Å². The summed E-state index contributed by atoms with van der Waals surface area (Å²) in [6.45, 7) is 0.903. The van der Waals surface area contributed by atoms with Gasteiger partial charge in [-0.05, 0) is 43.5 Å². The molecule has 2 aliphatic rings. The van der Waals surface area contributed by atoms with Crippen molar-refractivity contribution < 1.29 is 5.11 Å². The number of hydrogen-bond donors (Lipinski definition) is 2. The van der Waals surface area contributed by atoms with E-state index in [1.54, 1.807) is 0 Å². The quantitative estimate of drug-likeness (QED) is 0.817. The lowest BCUT2D eigenvalue weighted by Crippen LogP contribution is -2.53. The molecule has 1 aromatic carbocycles. The van der Waals surface area contributed by atoms with Crippen LogP contribution >= 0.6 is 11.6 Å². The van der Waals surface area contributed by atoms with E-state index in [4.69, 9.17) is 11.6 Å². The standard InChI is InChI=1S/C15H20ClNO/c16-12-6-4-11(5-7-12)14-13-3-1-2-8-15(13,18)9-10-17-14/h4-7,13-14,17-18H,1-3,8-10H2/t13-,14+,15-/m0/s1. The van der Waals surface area contributed by atoms with E-state index in [9.17, 15) is 5.11 Å². The summed E-state index contributed by atoms with van der Waals surface area (Å²) in [4.78, 5) is 0. The van der Waals surface area contributed by atoms with Gasteiger partial charge in [-0.2, -0.15) is 0 Å². The van der Waals surface area contributed by atoms with Gasteiger partial charge in [0.05, 0.1) is 5.60 Å². The number of benzene rings is 1. The molecule has 18 heavy (non-hydrogen) atoms. The summed E-state index contributed by atoms with van der Waals surface area (Å²) in [5, 5.41) is 15.2. The third-order valence-corrected chi connectivity index (χ3v) is 4.87. The van der Waals surface area contributed by atoms with E-state index in [1.165, 1.54) is 18.4 Å². The fourth-order valence-electron chi connectivity index (χ4n) is 3.64. The van der Waals surface area contributed by atoms with Crippen molar-refractivity contribution in [1.29, 1.82) is 0 Å². The SMILES string of the molecule is O[C@]12CCCC[C@H]1[C@@H](c1ccc(Cl)cc1)NCC2. The number of nitrogens with one attached hydrogen (secondary N) is 1. The van der Waals surface area contributed by atoms with Gasteiger partial charge in [0.15, 0.2) is 0 Å². The molecule has 1 saturated heterocycles. The van der Waals surface area contributed by atoms with Crippen LogP contribution in [-0.2, 0) is 0 Å². The molecule has 1 saturated carbocycles. The molecule has 3 heteroatoms. The largest absolute Gasteiger partial charge is 0.389 e. The molecule has 1 aliphatic carbocycles. The topological polar surface area (TPSA) is 32.3 Å². The Kier molecular flexibility index (Phi) is 3.35. The number of hydrogen-bond acceptors (Lipinski definition) is 2. The molecule has 0 unspecified atom stereocenters. The van der Waals surface area contributed by atoms with E-state index in [0.29, 0.717) is 5.92 Å². The maximum atomic E-state index is 10.8. The maximum absolute atomic E-state index is 10.8. The second-order valence-corrected chi connectivity index (χ2v) is 6.13. The van der Waals surface area contributed by atoms with Crippen LogP contribution in [0.3, 0.4) is 0 Å². The van der Waals surface area contributed by atoms with E-state index >= 15 is 0 Å². The van der Waals surface area contributed by atoms with Gasteiger partial charge in [-0.25, -0.2) is 0 Å². The predicted octanol–water partition coefficient (Wildman–Crippen LogP) is 3.30. The molecule has 2 fully saturated rings. The number of aliphatic hydroxyl groups is 1. The normalized spacial score (nSPS) is 36.1. The number of rotatable bonds is 1. The average molecular weight is 266 g/mol. The van der Waals surface area contributed by atoms with Crippen LogP contribution in [-0.4, -0.2) is 17.3 Å². The van der Waals surface area contributed by atoms with Gasteiger partial charge in [0.2, 0.25) is 0 Å². The molecule has 1 heterocycles. The number of halogens is 1. The van der Waals surface area contributed by atoms with Gasteiger partial charge >= 0.3 is 0 Å². The van der Waals surface area contributed by atoms with Crippen LogP contribution in [0.25, 0.3) is 0 Å². The van der Waals surface area contributed by atoms with Crippen molar-refractivity contribution in [2.75, 3.05) is 6.54 Å². The first-order valence-electron chi connectivity index (χ1n) is 6.90. The highest BCUT2D eigenvalue weighted by atomic mass is 35.5. The molecule has 1 aromatic rings. The molecular weight excluding hydrogens is 246 g/mol. The zero-order chi connectivity index (χ0) is 12.6. The van der Waals surface area contributed by atoms with Gasteiger partial charge in [-0.15, -0.1) is 0 Å². The van der Waals surface area contributed by atoms with Crippen molar-refractivity contribution in [2.24, 2.45) is 5.92 Å². The van der Waals surface area contributed by atoms with E-state index in [0.717, 1.165) is 30.8 Å². The zero-order valence-corrected chi connectivity index (χ0v) is 11.3. The summed E-state index contributed by atoms with van der Waals surface area (Å²) >= 11 is 5.95. The summed E-state index contributed by atoms with van der Waals surface area (Å²) < 4.78 is 0. The summed E-state index contributed by atoms with van der Waals surface area (Å²) in [6.07, 6.45) is 5.38. The molecule has 0 bridgehead atoms. The summed E-state index contributed by atoms with van der Waals surface area (Å²) in [6, 6.07) is 8.33. The molecule has 3 atom stereocenters. The van der Waals surface area contributed by atoms with Crippen molar-refractivity contribution >= 4 is 11.6 Å². The predicted molar refractivity (Wildman–Crippen MR) is 73.7 cm³/mol. The monoisotopic (exact) mass is 265 g/mol. The van der Waals surface area contributed by atoms with Gasteiger partial charge in [-0.3, -0.25) is 0 Å². The summed E-state index contributed by atoms with van der Waals surface area (Å²) in [7, 11) is 0. The minimum absolute atomic E-state index is 0.279. The minimum atomic E-state index is -0.451. The van der Waals surface area contributed by atoms with Gasteiger partial charge in [0.25, 0.3) is 0 Å². The molecule has 0 amide bonds. The number of piperidine rings is 1. The van der Waals surface area contributed by atoms with Gasteiger partial charge < -0.3 is 10.4 Å². The van der Waals surface area contributed by atoms with E-state index < -0.39 is 5.60 Å². The van der Waals surface area contributed by atoms with E-state index in [1.807, 2.05) is 12.1 Å². The van der Waals surface area contributed by atoms with Crippen LogP contribution in [0.4, 0.5) is 0 Å². The molecule has 3 rings (SSSR count). The van der Waals surface area contributed by atoms with E-state index in [2.05, 4.69) is 17.4 Å². The Hall–Kier alpha value is -0.570. The zero-order valence-electron chi connectivity index (χ0n) is 10.5. The lowest BCUT2D eigenvalue weighted by molar-refractivity contribution is -0.0861. The Morgan fingerprint density at radius 2 is 1.94 bits per heavy atom. The van der Waals surface area contributed by atoms with Crippen LogP contribution in [0.2, 0.25) is 5.02 Å². The van der Waals surface area contributed by atoms with Gasteiger partial charge in [0.1, 0.15) is 0 Å². The van der Waals surface area contributed by atoms with Crippen molar-refractivity contribution in [2.45, 2.75) is 43.7 Å². The summed E-state index contributed by atoms with van der Waals surface area (Å²) in [5.41, 5.74) is 0.804. The highest BCUT2D eigenvalue weighted by molar-refractivity contribution is 6.30.